The molecule has 0 fully saturated rings. The number of carbonyl (C=O) groups is 1. The zero-order valence-corrected chi connectivity index (χ0v) is 18.9. The summed E-state index contributed by atoms with van der Waals surface area (Å²) in [5.41, 5.74) is -0.530. The van der Waals surface area contributed by atoms with Crippen LogP contribution in [0.25, 0.3) is 11.8 Å². The fourth-order valence-electron chi connectivity index (χ4n) is 3.08. The Hall–Kier alpha value is -3.18. The molecule has 1 aliphatic heterocycles. The Morgan fingerprint density at radius 1 is 1.03 bits per heavy atom. The molecule has 4 rings (SSSR count). The molecule has 1 aromatic heterocycles. The minimum Gasteiger partial charge on any atom is -0.494 e. The first kappa shape index (κ1) is 21.1. The molecule has 0 atom stereocenters. The van der Waals surface area contributed by atoms with Gasteiger partial charge in [-0.25, -0.2) is 9.36 Å². The lowest BCUT2D eigenvalue weighted by atomic mass is 10.1. The highest BCUT2D eigenvalue weighted by Gasteiger charge is 2.29. The number of amides is 1. The van der Waals surface area contributed by atoms with E-state index in [1.54, 1.807) is 31.2 Å². The van der Waals surface area contributed by atoms with Gasteiger partial charge >= 0.3 is 5.69 Å². The van der Waals surface area contributed by atoms with E-state index in [-0.39, 0.29) is 11.1 Å². The van der Waals surface area contributed by atoms with Gasteiger partial charge < -0.3 is 5.11 Å². The average Bonchev–Trinajstić information content (AvgIpc) is 3.01. The fourth-order valence-corrected chi connectivity index (χ4v) is 3.57. The largest absolute Gasteiger partial charge is 0.494 e. The molecule has 1 amide bonds. The standard InChI is InChI=1S/C21H14ClIN4O4/c1-11-16(20(30)27(25-11)15-8-4-13(23)5-9-15)10-17-18(28)24-21(31)26(19(17)29)14-6-2-12(22)3-7-14/h2-10,29H,1H3,(H,24,28,31). The van der Waals surface area contributed by atoms with Crippen LogP contribution >= 0.6 is 34.2 Å². The predicted molar refractivity (Wildman–Crippen MR) is 127 cm³/mol. The van der Waals surface area contributed by atoms with Crippen LogP contribution in [0.15, 0.2) is 68.8 Å². The number of aromatic nitrogens is 2. The molecule has 0 unspecified atom stereocenters. The van der Waals surface area contributed by atoms with E-state index in [0.717, 1.165) is 8.14 Å². The van der Waals surface area contributed by atoms with Gasteiger partial charge in [-0.05, 0) is 84.1 Å². The van der Waals surface area contributed by atoms with Gasteiger partial charge in [-0.2, -0.15) is 10.1 Å². The average molecular weight is 549 g/mol. The van der Waals surface area contributed by atoms with Crippen LogP contribution in [0.4, 0.5) is 5.69 Å². The summed E-state index contributed by atoms with van der Waals surface area (Å²) < 4.78 is 1.93. The van der Waals surface area contributed by atoms with Crippen molar-refractivity contribution in [1.29, 1.82) is 0 Å². The highest BCUT2D eigenvalue weighted by atomic mass is 127. The van der Waals surface area contributed by atoms with Crippen molar-refractivity contribution in [2.75, 3.05) is 5.01 Å². The summed E-state index contributed by atoms with van der Waals surface area (Å²) in [6, 6.07) is 13.3. The Morgan fingerprint density at radius 2 is 1.65 bits per heavy atom. The zero-order valence-electron chi connectivity index (χ0n) is 16.0. The third-order valence-electron chi connectivity index (χ3n) is 4.63. The summed E-state index contributed by atoms with van der Waals surface area (Å²) in [6.45, 7) is 1.62. The molecule has 0 radical (unpaired) electrons. The van der Waals surface area contributed by atoms with Gasteiger partial charge in [0.05, 0.1) is 22.7 Å². The van der Waals surface area contributed by atoms with E-state index in [9.17, 15) is 19.5 Å². The second kappa shape index (κ2) is 8.16. The second-order valence-corrected chi connectivity index (χ2v) is 8.33. The zero-order chi connectivity index (χ0) is 22.3. The van der Waals surface area contributed by atoms with E-state index in [2.05, 4.69) is 32.7 Å². The molecule has 2 heterocycles. The molecule has 0 aliphatic carbocycles. The van der Waals surface area contributed by atoms with Gasteiger partial charge in [-0.3, -0.25) is 14.6 Å². The molecule has 0 spiro atoms. The Morgan fingerprint density at radius 3 is 2.29 bits per heavy atom. The van der Waals surface area contributed by atoms with Gasteiger partial charge in [0.15, 0.2) is 0 Å². The highest BCUT2D eigenvalue weighted by Crippen LogP contribution is 2.27. The molecule has 1 aliphatic rings. The number of hydrazone groups is 1. The lowest BCUT2D eigenvalue weighted by molar-refractivity contribution is -0.114. The summed E-state index contributed by atoms with van der Waals surface area (Å²) in [4.78, 5) is 39.9. The quantitative estimate of drug-likeness (QED) is 0.387. The number of nitrogens with one attached hydrogen (secondary N) is 1. The molecule has 3 aromatic rings. The summed E-state index contributed by atoms with van der Waals surface area (Å²) in [6.07, 6.45) is 1.23. The predicted octanol–water partition coefficient (Wildman–Crippen LogP) is 3.30. The van der Waals surface area contributed by atoms with Gasteiger partial charge in [-0.1, -0.05) is 11.6 Å². The summed E-state index contributed by atoms with van der Waals surface area (Å²) in [5, 5.41) is 16.7. The monoisotopic (exact) mass is 548 g/mol. The maximum atomic E-state index is 13.0. The van der Waals surface area contributed by atoms with Gasteiger partial charge in [0, 0.05) is 8.59 Å². The number of anilines is 1. The van der Waals surface area contributed by atoms with Crippen LogP contribution in [0.3, 0.4) is 0 Å². The Labute approximate surface area is 194 Å². The van der Waals surface area contributed by atoms with E-state index >= 15 is 0 Å². The lowest BCUT2D eigenvalue weighted by Crippen LogP contribution is -2.30. The highest BCUT2D eigenvalue weighted by molar-refractivity contribution is 14.1. The van der Waals surface area contributed by atoms with Crippen LogP contribution in [0.1, 0.15) is 12.5 Å². The number of halogens is 2. The second-order valence-electron chi connectivity index (χ2n) is 6.65. The third kappa shape index (κ3) is 3.93. The Balaban J connectivity index is 1.81. The number of H-pyrrole nitrogens is 1. The lowest BCUT2D eigenvalue weighted by Gasteiger charge is -2.12. The fraction of sp³-hybridized carbons (Fsp3) is 0.0476. The van der Waals surface area contributed by atoms with Gasteiger partial charge in [0.2, 0.25) is 5.88 Å². The first-order valence-electron chi connectivity index (χ1n) is 8.98. The number of aromatic hydroxyl groups is 1. The Kier molecular flexibility index (Phi) is 5.54. The third-order valence-corrected chi connectivity index (χ3v) is 5.60. The number of nitrogens with zero attached hydrogens (tertiary/aromatic N) is 3. The van der Waals surface area contributed by atoms with E-state index in [0.29, 0.717) is 22.1 Å². The first-order valence-corrected chi connectivity index (χ1v) is 10.4. The van der Waals surface area contributed by atoms with Crippen LogP contribution in [0.2, 0.25) is 5.02 Å². The van der Waals surface area contributed by atoms with Crippen molar-refractivity contribution in [3.63, 3.8) is 0 Å². The maximum absolute atomic E-state index is 13.0. The van der Waals surface area contributed by atoms with Gasteiger partial charge in [-0.15, -0.1) is 0 Å². The number of aromatic amines is 1. The molecule has 0 saturated carbocycles. The van der Waals surface area contributed by atoms with Crippen molar-refractivity contribution in [3.05, 3.63) is 89.1 Å². The number of hydrogen-bond acceptors (Lipinski definition) is 5. The van der Waals surface area contributed by atoms with Crippen LogP contribution in [-0.4, -0.2) is 26.3 Å². The number of benzene rings is 2. The molecule has 10 heteroatoms. The van der Waals surface area contributed by atoms with E-state index in [1.165, 1.54) is 23.2 Å². The van der Waals surface area contributed by atoms with Crippen molar-refractivity contribution in [3.8, 4) is 11.6 Å². The maximum Gasteiger partial charge on any atom is 0.335 e. The van der Waals surface area contributed by atoms with Crippen molar-refractivity contribution in [1.82, 2.24) is 9.55 Å². The minimum absolute atomic E-state index is 0.126. The first-order chi connectivity index (χ1) is 14.8. The summed E-state index contributed by atoms with van der Waals surface area (Å²) in [7, 11) is 0. The summed E-state index contributed by atoms with van der Waals surface area (Å²) >= 11 is 8.04. The van der Waals surface area contributed by atoms with Crippen molar-refractivity contribution < 1.29 is 9.90 Å². The number of rotatable bonds is 3. The number of carbonyl (C=O) groups excluding carboxylic acids is 1. The smallest absolute Gasteiger partial charge is 0.335 e. The van der Waals surface area contributed by atoms with Crippen molar-refractivity contribution in [2.45, 2.75) is 6.92 Å². The van der Waals surface area contributed by atoms with Crippen LogP contribution < -0.4 is 16.3 Å². The molecule has 31 heavy (non-hydrogen) atoms. The normalized spacial score (nSPS) is 14.9. The molecule has 8 nitrogen and oxygen atoms in total. The van der Waals surface area contributed by atoms with E-state index < -0.39 is 23.0 Å². The summed E-state index contributed by atoms with van der Waals surface area (Å²) in [5.74, 6) is -1.06. The molecule has 2 aromatic carbocycles. The number of hydrogen-bond donors (Lipinski definition) is 2. The van der Waals surface area contributed by atoms with Gasteiger partial charge in [0.25, 0.3) is 11.5 Å². The SMILES string of the molecule is CC1=NN(c2ccc(I)cc2)C(=O)C1=Cc1c(O)n(-c2ccc(Cl)cc2)c(=O)[nH]c1=O. The molecular formula is C21H14ClIN4O4. The topological polar surface area (TPSA) is 108 Å². The molecule has 0 bridgehead atoms. The molecule has 2 N–H and O–H groups in total. The van der Waals surface area contributed by atoms with Crippen LogP contribution in [0, 0.1) is 3.57 Å². The van der Waals surface area contributed by atoms with Crippen molar-refractivity contribution >= 4 is 57.6 Å². The molecule has 0 saturated heterocycles. The molecule has 156 valence electrons. The van der Waals surface area contributed by atoms with Crippen LogP contribution in [0.5, 0.6) is 5.88 Å². The van der Waals surface area contributed by atoms with E-state index in [4.69, 9.17) is 11.6 Å². The van der Waals surface area contributed by atoms with Crippen LogP contribution in [-0.2, 0) is 4.79 Å². The Bertz CT molecular complexity index is 1370. The minimum atomic E-state index is -0.825. The van der Waals surface area contributed by atoms with Gasteiger partial charge in [0.1, 0.15) is 5.56 Å². The van der Waals surface area contributed by atoms with Crippen molar-refractivity contribution in [2.24, 2.45) is 5.10 Å². The molecular weight excluding hydrogens is 535 g/mol. The van der Waals surface area contributed by atoms with E-state index in [1.807, 2.05) is 12.1 Å².